The molecule has 0 unspecified atom stereocenters. The molecule has 0 saturated carbocycles. The molecular weight excluding hydrogens is 155 g/mol. The predicted molar refractivity (Wildman–Crippen MR) is 49.8 cm³/mol. The normalized spacial score (nSPS) is 9.92. The van der Waals surface area contributed by atoms with E-state index in [1.54, 1.807) is 13.0 Å². The molecule has 0 saturated heterocycles. The van der Waals surface area contributed by atoms with Crippen molar-refractivity contribution in [2.24, 2.45) is 0 Å². The lowest BCUT2D eigenvalue weighted by molar-refractivity contribution is 0.425. The third-order valence-corrected chi connectivity index (χ3v) is 1.79. The molecule has 0 aromatic heterocycles. The van der Waals surface area contributed by atoms with Gasteiger partial charge in [-0.15, -0.1) is 0 Å². The average Bonchev–Trinajstić information content (AvgIpc) is 1.96. The number of hydrogen-bond acceptors (Lipinski definition) is 4. The van der Waals surface area contributed by atoms with Gasteiger partial charge in [-0.05, 0) is 30.1 Å². The van der Waals surface area contributed by atoms with Crippen LogP contribution in [0.15, 0.2) is 12.1 Å². The van der Waals surface area contributed by atoms with Crippen molar-refractivity contribution < 1.29 is 10.0 Å². The smallest absolute Gasteiger partial charge is 0.423 e. The van der Waals surface area contributed by atoms with Crippen molar-refractivity contribution in [2.75, 3.05) is 11.5 Å². The summed E-state index contributed by atoms with van der Waals surface area (Å²) >= 11 is 0. The molecule has 64 valence electrons. The number of anilines is 2. The minimum absolute atomic E-state index is 0.354. The van der Waals surface area contributed by atoms with Crippen LogP contribution in [0.4, 0.5) is 11.4 Å². The van der Waals surface area contributed by atoms with Crippen molar-refractivity contribution in [2.45, 2.75) is 6.92 Å². The highest BCUT2D eigenvalue weighted by Crippen LogP contribution is 2.12. The Morgan fingerprint density at radius 3 is 2.33 bits per heavy atom. The van der Waals surface area contributed by atoms with Crippen LogP contribution in [0.2, 0.25) is 0 Å². The standard InChI is InChI=1S/C7H11BN2O2/c1-4-6(8(11)12)2-5(9)3-7(4)10/h2-3,11-12H,9-10H2,1H3. The van der Waals surface area contributed by atoms with E-state index in [2.05, 4.69) is 0 Å². The number of nitrogens with two attached hydrogens (primary N) is 2. The zero-order valence-electron chi connectivity index (χ0n) is 6.78. The van der Waals surface area contributed by atoms with Gasteiger partial charge >= 0.3 is 7.12 Å². The quantitative estimate of drug-likeness (QED) is 0.312. The summed E-state index contributed by atoms with van der Waals surface area (Å²) in [5, 5.41) is 17.8. The summed E-state index contributed by atoms with van der Waals surface area (Å²) in [4.78, 5) is 0. The van der Waals surface area contributed by atoms with Crippen molar-refractivity contribution in [3.63, 3.8) is 0 Å². The molecule has 0 aliphatic rings. The van der Waals surface area contributed by atoms with Crippen molar-refractivity contribution in [3.8, 4) is 0 Å². The summed E-state index contributed by atoms with van der Waals surface area (Å²) in [5.41, 5.74) is 12.9. The first-order valence-corrected chi connectivity index (χ1v) is 3.54. The fourth-order valence-corrected chi connectivity index (χ4v) is 1.05. The number of rotatable bonds is 1. The van der Waals surface area contributed by atoms with E-state index in [-0.39, 0.29) is 0 Å². The molecule has 5 heteroatoms. The van der Waals surface area contributed by atoms with Gasteiger partial charge in [-0.2, -0.15) is 0 Å². The van der Waals surface area contributed by atoms with Gasteiger partial charge in [-0.25, -0.2) is 0 Å². The molecule has 6 N–H and O–H groups in total. The van der Waals surface area contributed by atoms with Gasteiger partial charge in [-0.1, -0.05) is 0 Å². The van der Waals surface area contributed by atoms with Crippen LogP contribution in [-0.2, 0) is 0 Å². The second-order valence-electron chi connectivity index (χ2n) is 2.70. The van der Waals surface area contributed by atoms with E-state index in [0.29, 0.717) is 22.4 Å². The lowest BCUT2D eigenvalue weighted by atomic mass is 9.76. The number of nitrogen functional groups attached to an aromatic ring is 2. The van der Waals surface area contributed by atoms with Gasteiger partial charge < -0.3 is 21.5 Å². The van der Waals surface area contributed by atoms with E-state index in [1.165, 1.54) is 6.07 Å². The van der Waals surface area contributed by atoms with Gasteiger partial charge in [0.2, 0.25) is 0 Å². The molecule has 0 aliphatic heterocycles. The van der Waals surface area contributed by atoms with Crippen LogP contribution >= 0.6 is 0 Å². The molecule has 1 aromatic carbocycles. The summed E-state index contributed by atoms with van der Waals surface area (Å²) in [6.07, 6.45) is 0. The van der Waals surface area contributed by atoms with E-state index in [1.807, 2.05) is 0 Å². The SMILES string of the molecule is Cc1c(N)cc(N)cc1B(O)O. The predicted octanol–water partition coefficient (Wildman–Crippen LogP) is -1.16. The van der Waals surface area contributed by atoms with Crippen LogP contribution in [0.25, 0.3) is 0 Å². The highest BCUT2D eigenvalue weighted by molar-refractivity contribution is 6.59. The lowest BCUT2D eigenvalue weighted by Gasteiger charge is -2.08. The Balaban J connectivity index is 3.28. The molecule has 0 fully saturated rings. The molecule has 0 amide bonds. The average molecular weight is 166 g/mol. The van der Waals surface area contributed by atoms with Crippen molar-refractivity contribution in [3.05, 3.63) is 17.7 Å². The van der Waals surface area contributed by atoms with Crippen molar-refractivity contribution in [1.82, 2.24) is 0 Å². The summed E-state index contributed by atoms with van der Waals surface area (Å²) in [5.74, 6) is 0. The van der Waals surface area contributed by atoms with Gasteiger partial charge in [0.1, 0.15) is 0 Å². The van der Waals surface area contributed by atoms with E-state index < -0.39 is 7.12 Å². The van der Waals surface area contributed by atoms with Gasteiger partial charge in [0.05, 0.1) is 0 Å². The Morgan fingerprint density at radius 1 is 1.25 bits per heavy atom. The number of hydrogen-bond donors (Lipinski definition) is 4. The third-order valence-electron chi connectivity index (χ3n) is 1.79. The minimum Gasteiger partial charge on any atom is -0.423 e. The van der Waals surface area contributed by atoms with Gasteiger partial charge in [0, 0.05) is 11.4 Å². The first-order chi connectivity index (χ1) is 5.52. The molecule has 1 aromatic rings. The van der Waals surface area contributed by atoms with Crippen LogP contribution in [0.1, 0.15) is 5.56 Å². The Hall–Kier alpha value is -1.20. The Labute approximate surface area is 71.0 Å². The van der Waals surface area contributed by atoms with Gasteiger partial charge in [-0.3, -0.25) is 0 Å². The molecular formula is C7H11BN2O2. The van der Waals surface area contributed by atoms with Crippen LogP contribution in [-0.4, -0.2) is 17.2 Å². The van der Waals surface area contributed by atoms with Crippen molar-refractivity contribution >= 4 is 24.0 Å². The highest BCUT2D eigenvalue weighted by Gasteiger charge is 2.15. The van der Waals surface area contributed by atoms with Gasteiger partial charge in [0.25, 0.3) is 0 Å². The maximum absolute atomic E-state index is 8.90. The third kappa shape index (κ3) is 1.52. The molecule has 1 rings (SSSR count). The summed E-state index contributed by atoms with van der Waals surface area (Å²) in [6.45, 7) is 1.71. The van der Waals surface area contributed by atoms with Crippen LogP contribution < -0.4 is 16.9 Å². The Kier molecular flexibility index (Phi) is 2.26. The molecule has 12 heavy (non-hydrogen) atoms. The largest absolute Gasteiger partial charge is 0.488 e. The molecule has 0 bridgehead atoms. The van der Waals surface area contributed by atoms with E-state index >= 15 is 0 Å². The Morgan fingerprint density at radius 2 is 1.83 bits per heavy atom. The highest BCUT2D eigenvalue weighted by atomic mass is 16.4. The molecule has 0 aliphatic carbocycles. The van der Waals surface area contributed by atoms with E-state index in [4.69, 9.17) is 21.5 Å². The maximum Gasteiger partial charge on any atom is 0.488 e. The first-order valence-electron chi connectivity index (χ1n) is 3.54. The Bertz CT molecular complexity index is 302. The van der Waals surface area contributed by atoms with Crippen LogP contribution in [0, 0.1) is 6.92 Å². The zero-order chi connectivity index (χ0) is 9.30. The fraction of sp³-hybridized carbons (Fsp3) is 0.143. The summed E-state index contributed by atoms with van der Waals surface area (Å²) in [7, 11) is -1.52. The molecule has 0 atom stereocenters. The van der Waals surface area contributed by atoms with Crippen LogP contribution in [0.5, 0.6) is 0 Å². The molecule has 4 nitrogen and oxygen atoms in total. The monoisotopic (exact) mass is 166 g/mol. The second-order valence-corrected chi connectivity index (χ2v) is 2.70. The van der Waals surface area contributed by atoms with Crippen molar-refractivity contribution in [1.29, 1.82) is 0 Å². The minimum atomic E-state index is -1.52. The summed E-state index contributed by atoms with van der Waals surface area (Å²) in [6, 6.07) is 3.08. The van der Waals surface area contributed by atoms with E-state index in [0.717, 1.165) is 0 Å². The lowest BCUT2D eigenvalue weighted by Crippen LogP contribution is -2.33. The molecule has 0 radical (unpaired) electrons. The van der Waals surface area contributed by atoms with Gasteiger partial charge in [0.15, 0.2) is 0 Å². The molecule has 0 spiro atoms. The maximum atomic E-state index is 8.90. The second kappa shape index (κ2) is 3.04. The topological polar surface area (TPSA) is 92.5 Å². The van der Waals surface area contributed by atoms with Crippen LogP contribution in [0.3, 0.4) is 0 Å². The fourth-order valence-electron chi connectivity index (χ4n) is 1.05. The number of benzene rings is 1. The summed E-state index contributed by atoms with van der Waals surface area (Å²) < 4.78 is 0. The molecule has 0 heterocycles. The first kappa shape index (κ1) is 8.90. The zero-order valence-corrected chi connectivity index (χ0v) is 6.78. The van der Waals surface area contributed by atoms with E-state index in [9.17, 15) is 0 Å².